The molecule has 1 N–H and O–H groups in total. The van der Waals surface area contributed by atoms with Crippen LogP contribution in [0.5, 0.6) is 0 Å². The molecule has 2 saturated heterocycles. The quantitative estimate of drug-likeness (QED) is 0.901. The molecule has 0 saturated carbocycles. The van der Waals surface area contributed by atoms with Gasteiger partial charge in [0, 0.05) is 50.9 Å². The molecule has 2 aliphatic rings. The van der Waals surface area contributed by atoms with E-state index in [0.717, 1.165) is 31.5 Å². The zero-order valence-electron chi connectivity index (χ0n) is 13.1. The highest BCUT2D eigenvalue weighted by atomic mass is 16.2. The topological polar surface area (TPSA) is 67.2 Å². The van der Waals surface area contributed by atoms with E-state index in [4.69, 9.17) is 0 Å². The summed E-state index contributed by atoms with van der Waals surface area (Å²) >= 11 is 0. The number of carbonyl (C=O) groups is 2. The van der Waals surface area contributed by atoms with Crippen LogP contribution >= 0.6 is 0 Å². The summed E-state index contributed by atoms with van der Waals surface area (Å²) in [5.41, 5.74) is 0. The molecule has 2 fully saturated rings. The van der Waals surface area contributed by atoms with Crippen molar-refractivity contribution >= 4 is 11.8 Å². The average Bonchev–Trinajstić information content (AvgIpc) is 2.80. The SMILES string of the molecule is CCc1nccn1CCC(=O)N1CC2CCCC(C1)C(=O)N2. The lowest BCUT2D eigenvalue weighted by Gasteiger charge is -2.27. The van der Waals surface area contributed by atoms with Gasteiger partial charge >= 0.3 is 0 Å². The summed E-state index contributed by atoms with van der Waals surface area (Å²) in [5, 5.41) is 3.07. The summed E-state index contributed by atoms with van der Waals surface area (Å²) < 4.78 is 2.04. The fourth-order valence-corrected chi connectivity index (χ4v) is 3.49. The first-order valence-electron chi connectivity index (χ1n) is 8.25. The van der Waals surface area contributed by atoms with Gasteiger partial charge in [0.15, 0.2) is 0 Å². The Hall–Kier alpha value is -1.85. The van der Waals surface area contributed by atoms with Crippen LogP contribution in [0.1, 0.15) is 38.4 Å². The third-order valence-electron chi connectivity index (χ3n) is 4.74. The van der Waals surface area contributed by atoms with Crippen molar-refractivity contribution < 1.29 is 9.59 Å². The predicted octanol–water partition coefficient (Wildman–Crippen LogP) is 0.963. The zero-order valence-corrected chi connectivity index (χ0v) is 13.1. The van der Waals surface area contributed by atoms with Crippen LogP contribution in [0.4, 0.5) is 0 Å². The average molecular weight is 304 g/mol. The molecule has 3 heterocycles. The molecule has 1 aromatic rings. The first-order chi connectivity index (χ1) is 10.7. The van der Waals surface area contributed by atoms with Crippen molar-refractivity contribution in [1.82, 2.24) is 19.8 Å². The Morgan fingerprint density at radius 3 is 3.09 bits per heavy atom. The third-order valence-corrected chi connectivity index (χ3v) is 4.74. The van der Waals surface area contributed by atoms with E-state index >= 15 is 0 Å². The van der Waals surface area contributed by atoms with Crippen LogP contribution < -0.4 is 5.32 Å². The Morgan fingerprint density at radius 2 is 2.27 bits per heavy atom. The van der Waals surface area contributed by atoms with E-state index in [1.807, 2.05) is 15.7 Å². The van der Waals surface area contributed by atoms with Crippen LogP contribution in [0.2, 0.25) is 0 Å². The maximum atomic E-state index is 12.5. The van der Waals surface area contributed by atoms with Crippen LogP contribution in [0.15, 0.2) is 12.4 Å². The number of likely N-dealkylation sites (tertiary alicyclic amines) is 1. The molecule has 2 aliphatic heterocycles. The number of rotatable bonds is 4. The van der Waals surface area contributed by atoms with Gasteiger partial charge in [-0.15, -0.1) is 0 Å². The normalized spacial score (nSPS) is 24.8. The van der Waals surface area contributed by atoms with Gasteiger partial charge in [-0.2, -0.15) is 0 Å². The Labute approximate surface area is 130 Å². The largest absolute Gasteiger partial charge is 0.351 e. The highest BCUT2D eigenvalue weighted by molar-refractivity contribution is 5.82. The molecule has 0 aliphatic carbocycles. The van der Waals surface area contributed by atoms with Crippen molar-refractivity contribution in [2.75, 3.05) is 13.1 Å². The number of aromatic nitrogens is 2. The molecule has 2 atom stereocenters. The van der Waals surface area contributed by atoms with E-state index in [9.17, 15) is 9.59 Å². The Bertz CT molecular complexity index is 554. The minimum Gasteiger partial charge on any atom is -0.351 e. The van der Waals surface area contributed by atoms with Crippen LogP contribution in [0, 0.1) is 5.92 Å². The van der Waals surface area contributed by atoms with Crippen LogP contribution in [0.3, 0.4) is 0 Å². The van der Waals surface area contributed by atoms with E-state index in [1.165, 1.54) is 0 Å². The summed E-state index contributed by atoms with van der Waals surface area (Å²) in [5.74, 6) is 1.25. The van der Waals surface area contributed by atoms with Gasteiger partial charge in [0.05, 0.1) is 5.92 Å². The minimum absolute atomic E-state index is 0.0316. The lowest BCUT2D eigenvalue weighted by atomic mass is 9.99. The molecule has 120 valence electrons. The van der Waals surface area contributed by atoms with E-state index in [-0.39, 0.29) is 23.8 Å². The monoisotopic (exact) mass is 304 g/mol. The van der Waals surface area contributed by atoms with Gasteiger partial charge in [-0.1, -0.05) is 13.3 Å². The molecule has 6 heteroatoms. The van der Waals surface area contributed by atoms with Gasteiger partial charge in [-0.3, -0.25) is 9.59 Å². The molecule has 2 bridgehead atoms. The maximum Gasteiger partial charge on any atom is 0.225 e. The number of amides is 2. The lowest BCUT2D eigenvalue weighted by Crippen LogP contribution is -2.41. The second-order valence-electron chi connectivity index (χ2n) is 6.27. The standard InChI is InChI=1S/C16H24N4O2/c1-2-14-17-7-9-19(14)8-6-15(21)20-10-12-4-3-5-13(11-20)18-16(12)22/h7,9,12-13H,2-6,8,10-11H2,1H3,(H,18,22). The number of fused-ring (bicyclic) bond motifs is 3. The van der Waals surface area contributed by atoms with Crippen molar-refractivity contribution in [1.29, 1.82) is 0 Å². The molecule has 6 nitrogen and oxygen atoms in total. The van der Waals surface area contributed by atoms with E-state index < -0.39 is 0 Å². The number of hydrogen-bond donors (Lipinski definition) is 1. The van der Waals surface area contributed by atoms with Gasteiger partial charge in [0.25, 0.3) is 0 Å². The van der Waals surface area contributed by atoms with Crippen molar-refractivity contribution in [3.8, 4) is 0 Å². The highest BCUT2D eigenvalue weighted by Crippen LogP contribution is 2.22. The van der Waals surface area contributed by atoms with Crippen LogP contribution in [-0.2, 0) is 22.6 Å². The Balaban J connectivity index is 1.61. The van der Waals surface area contributed by atoms with Crippen molar-refractivity contribution in [3.05, 3.63) is 18.2 Å². The van der Waals surface area contributed by atoms with Gasteiger partial charge in [0.2, 0.25) is 11.8 Å². The van der Waals surface area contributed by atoms with E-state index in [1.54, 1.807) is 6.20 Å². The minimum atomic E-state index is -0.0316. The number of carbonyl (C=O) groups excluding carboxylic acids is 2. The lowest BCUT2D eigenvalue weighted by molar-refractivity contribution is -0.132. The fraction of sp³-hybridized carbons (Fsp3) is 0.688. The second-order valence-corrected chi connectivity index (χ2v) is 6.27. The van der Waals surface area contributed by atoms with Gasteiger partial charge in [0.1, 0.15) is 5.82 Å². The molecule has 2 amide bonds. The first-order valence-corrected chi connectivity index (χ1v) is 8.25. The zero-order chi connectivity index (χ0) is 15.5. The van der Waals surface area contributed by atoms with Gasteiger partial charge in [-0.05, 0) is 12.8 Å². The number of nitrogens with one attached hydrogen (secondary N) is 1. The summed E-state index contributed by atoms with van der Waals surface area (Å²) in [6.45, 7) is 3.96. The summed E-state index contributed by atoms with van der Waals surface area (Å²) in [6, 6.07) is 0.128. The van der Waals surface area contributed by atoms with Crippen molar-refractivity contribution in [3.63, 3.8) is 0 Å². The van der Waals surface area contributed by atoms with Crippen LogP contribution in [0.25, 0.3) is 0 Å². The van der Waals surface area contributed by atoms with E-state index in [0.29, 0.717) is 26.1 Å². The van der Waals surface area contributed by atoms with Crippen molar-refractivity contribution in [2.24, 2.45) is 5.92 Å². The highest BCUT2D eigenvalue weighted by Gasteiger charge is 2.34. The molecule has 1 aromatic heterocycles. The molecule has 22 heavy (non-hydrogen) atoms. The van der Waals surface area contributed by atoms with Gasteiger partial charge < -0.3 is 14.8 Å². The molecule has 3 rings (SSSR count). The van der Waals surface area contributed by atoms with Crippen molar-refractivity contribution in [2.45, 2.75) is 51.6 Å². The predicted molar refractivity (Wildman–Crippen MR) is 82.1 cm³/mol. The molecule has 0 spiro atoms. The molecule has 0 radical (unpaired) electrons. The summed E-state index contributed by atoms with van der Waals surface area (Å²) in [4.78, 5) is 30.7. The van der Waals surface area contributed by atoms with Crippen LogP contribution in [-0.4, -0.2) is 45.4 Å². The Kier molecular flexibility index (Phi) is 4.45. The number of nitrogens with zero attached hydrogens (tertiary/aromatic N) is 3. The van der Waals surface area contributed by atoms with Gasteiger partial charge in [-0.25, -0.2) is 4.98 Å². The summed E-state index contributed by atoms with van der Waals surface area (Å²) in [7, 11) is 0. The number of hydrogen-bond acceptors (Lipinski definition) is 3. The third kappa shape index (κ3) is 3.15. The fourth-order valence-electron chi connectivity index (χ4n) is 3.49. The second kappa shape index (κ2) is 6.50. The summed E-state index contributed by atoms with van der Waals surface area (Å²) in [6.07, 6.45) is 7.99. The first kappa shape index (κ1) is 15.1. The van der Waals surface area contributed by atoms with E-state index in [2.05, 4.69) is 17.2 Å². The maximum absolute atomic E-state index is 12.5. The smallest absolute Gasteiger partial charge is 0.225 e. The molecular formula is C16H24N4O2. The molecular weight excluding hydrogens is 280 g/mol. The molecule has 2 unspecified atom stereocenters. The number of imidazole rings is 1. The Morgan fingerprint density at radius 1 is 1.41 bits per heavy atom. The number of aryl methyl sites for hydroxylation is 2. The molecule has 0 aromatic carbocycles.